The minimum absolute atomic E-state index is 0.0188. The second-order valence-electron chi connectivity index (χ2n) is 6.11. The van der Waals surface area contributed by atoms with Crippen molar-refractivity contribution in [2.45, 2.75) is 44.0 Å². The van der Waals surface area contributed by atoms with Gasteiger partial charge in [0.05, 0.1) is 4.90 Å². The molecule has 1 aromatic rings. The monoisotopic (exact) mass is 312 g/mol. The van der Waals surface area contributed by atoms with Gasteiger partial charge in [-0.25, -0.2) is 13.1 Å². The summed E-state index contributed by atoms with van der Waals surface area (Å²) in [6.45, 7) is 4.33. The van der Waals surface area contributed by atoms with Crippen LogP contribution in [0.25, 0.3) is 0 Å². The third-order valence-electron chi connectivity index (χ3n) is 3.74. The summed E-state index contributed by atoms with van der Waals surface area (Å²) in [5, 5.41) is 0. The molecule has 0 heterocycles. The van der Waals surface area contributed by atoms with Crippen LogP contribution in [0.5, 0.6) is 0 Å². The molecule has 3 N–H and O–H groups in total. The first-order chi connectivity index (χ1) is 9.20. The molecule has 1 fully saturated rings. The van der Waals surface area contributed by atoms with Crippen molar-refractivity contribution in [3.8, 4) is 0 Å². The highest BCUT2D eigenvalue weighted by Crippen LogP contribution is 2.37. The van der Waals surface area contributed by atoms with Crippen LogP contribution in [0, 0.1) is 5.41 Å². The molecule has 0 bridgehead atoms. The molecule has 0 saturated heterocycles. The van der Waals surface area contributed by atoms with E-state index >= 15 is 0 Å². The number of thiocarbonyl (C=S) groups is 1. The van der Waals surface area contributed by atoms with Crippen molar-refractivity contribution < 1.29 is 8.42 Å². The average molecular weight is 312 g/mol. The Morgan fingerprint density at radius 1 is 1.35 bits per heavy atom. The van der Waals surface area contributed by atoms with Gasteiger partial charge in [0.25, 0.3) is 0 Å². The Balaban J connectivity index is 2.12. The van der Waals surface area contributed by atoms with Crippen molar-refractivity contribution in [2.75, 3.05) is 0 Å². The number of hydrogen-bond acceptors (Lipinski definition) is 3. The lowest BCUT2D eigenvalue weighted by molar-refractivity contribution is 0.372. The predicted molar refractivity (Wildman–Crippen MR) is 84.1 cm³/mol. The van der Waals surface area contributed by atoms with Gasteiger partial charge in [0.15, 0.2) is 0 Å². The summed E-state index contributed by atoms with van der Waals surface area (Å²) >= 11 is 4.85. The van der Waals surface area contributed by atoms with Gasteiger partial charge < -0.3 is 5.73 Å². The maximum absolute atomic E-state index is 12.3. The molecule has 2 rings (SSSR count). The molecule has 1 aromatic carbocycles. The molecular weight excluding hydrogens is 292 g/mol. The van der Waals surface area contributed by atoms with E-state index in [1.165, 1.54) is 12.1 Å². The molecule has 0 radical (unpaired) electrons. The Bertz CT molecular complexity index is 607. The van der Waals surface area contributed by atoms with E-state index in [2.05, 4.69) is 18.6 Å². The van der Waals surface area contributed by atoms with E-state index in [0.717, 1.165) is 19.3 Å². The van der Waals surface area contributed by atoms with Gasteiger partial charge in [-0.3, -0.25) is 0 Å². The van der Waals surface area contributed by atoms with Crippen LogP contribution in [0.3, 0.4) is 0 Å². The first-order valence-corrected chi connectivity index (χ1v) is 8.51. The fourth-order valence-corrected chi connectivity index (χ4v) is 4.03. The molecule has 4 nitrogen and oxygen atoms in total. The second kappa shape index (κ2) is 5.42. The van der Waals surface area contributed by atoms with Crippen molar-refractivity contribution in [3.63, 3.8) is 0 Å². The van der Waals surface area contributed by atoms with E-state index in [1.807, 2.05) is 0 Å². The summed E-state index contributed by atoms with van der Waals surface area (Å²) < 4.78 is 27.4. The number of hydrogen-bond donors (Lipinski definition) is 2. The maximum Gasteiger partial charge on any atom is 0.240 e. The summed E-state index contributed by atoms with van der Waals surface area (Å²) in [6.07, 6.45) is 2.80. The zero-order valence-electron chi connectivity index (χ0n) is 11.7. The maximum atomic E-state index is 12.3. The van der Waals surface area contributed by atoms with Crippen LogP contribution in [0.1, 0.15) is 38.7 Å². The highest BCUT2D eigenvalue weighted by molar-refractivity contribution is 7.89. The van der Waals surface area contributed by atoms with Crippen LogP contribution in [-0.2, 0) is 10.0 Å². The van der Waals surface area contributed by atoms with E-state index in [0.29, 0.717) is 5.56 Å². The van der Waals surface area contributed by atoms with Gasteiger partial charge in [-0.1, -0.05) is 38.2 Å². The van der Waals surface area contributed by atoms with E-state index in [4.69, 9.17) is 18.0 Å². The zero-order chi connectivity index (χ0) is 15.0. The SMILES string of the molecule is CC1(C)CCC(NS(=O)(=O)c2ccc(C(N)=S)cc2)C1. The quantitative estimate of drug-likeness (QED) is 0.836. The first-order valence-electron chi connectivity index (χ1n) is 6.62. The van der Waals surface area contributed by atoms with Crippen molar-refractivity contribution in [1.29, 1.82) is 0 Å². The van der Waals surface area contributed by atoms with Gasteiger partial charge in [0.2, 0.25) is 10.0 Å². The molecule has 20 heavy (non-hydrogen) atoms. The number of sulfonamides is 1. The highest BCUT2D eigenvalue weighted by Gasteiger charge is 2.33. The lowest BCUT2D eigenvalue weighted by Crippen LogP contribution is -2.33. The summed E-state index contributed by atoms with van der Waals surface area (Å²) in [5.74, 6) is 0. The first kappa shape index (κ1) is 15.4. The molecule has 0 amide bonds. The van der Waals surface area contributed by atoms with Crippen LogP contribution in [0.15, 0.2) is 29.2 Å². The topological polar surface area (TPSA) is 72.2 Å². The normalized spacial score (nSPS) is 21.8. The Kier molecular flexibility index (Phi) is 4.18. The minimum atomic E-state index is -3.47. The van der Waals surface area contributed by atoms with Crippen molar-refractivity contribution in [2.24, 2.45) is 11.1 Å². The van der Waals surface area contributed by atoms with Gasteiger partial charge in [-0.05, 0) is 36.8 Å². The van der Waals surface area contributed by atoms with Gasteiger partial charge in [-0.15, -0.1) is 0 Å². The van der Waals surface area contributed by atoms with E-state index in [1.54, 1.807) is 12.1 Å². The summed E-state index contributed by atoms with van der Waals surface area (Å²) in [6, 6.07) is 6.36. The molecule has 1 aliphatic carbocycles. The van der Waals surface area contributed by atoms with Crippen LogP contribution >= 0.6 is 12.2 Å². The molecule has 1 unspecified atom stereocenters. The predicted octanol–water partition coefficient (Wildman–Crippen LogP) is 2.18. The standard InChI is InChI=1S/C14H20N2O2S2/c1-14(2)8-7-11(9-14)16-20(17,18)12-5-3-10(4-6-12)13(15)19/h3-6,11,16H,7-9H2,1-2H3,(H2,15,19). The van der Waals surface area contributed by atoms with Crippen molar-refractivity contribution in [1.82, 2.24) is 4.72 Å². The molecule has 1 saturated carbocycles. The number of nitrogens with two attached hydrogens (primary N) is 1. The Labute approximate surface area is 125 Å². The second-order valence-corrected chi connectivity index (χ2v) is 8.27. The number of rotatable bonds is 4. The third-order valence-corrected chi connectivity index (χ3v) is 5.51. The lowest BCUT2D eigenvalue weighted by Gasteiger charge is -2.18. The highest BCUT2D eigenvalue weighted by atomic mass is 32.2. The van der Waals surface area contributed by atoms with Gasteiger partial charge in [0.1, 0.15) is 4.99 Å². The van der Waals surface area contributed by atoms with Gasteiger partial charge in [-0.2, -0.15) is 0 Å². The summed E-state index contributed by atoms with van der Waals surface area (Å²) in [5.41, 5.74) is 6.38. The van der Waals surface area contributed by atoms with E-state index < -0.39 is 10.0 Å². The molecule has 6 heteroatoms. The largest absolute Gasteiger partial charge is 0.389 e. The van der Waals surface area contributed by atoms with Crippen LogP contribution < -0.4 is 10.5 Å². The number of nitrogens with one attached hydrogen (secondary N) is 1. The molecule has 1 atom stereocenters. The average Bonchev–Trinajstić information content (AvgIpc) is 2.68. The van der Waals surface area contributed by atoms with Crippen molar-refractivity contribution in [3.05, 3.63) is 29.8 Å². The number of benzene rings is 1. The van der Waals surface area contributed by atoms with Crippen LogP contribution in [0.4, 0.5) is 0 Å². The molecular formula is C14H20N2O2S2. The van der Waals surface area contributed by atoms with E-state index in [-0.39, 0.29) is 21.3 Å². The molecule has 0 aromatic heterocycles. The zero-order valence-corrected chi connectivity index (χ0v) is 13.4. The minimum Gasteiger partial charge on any atom is -0.389 e. The summed E-state index contributed by atoms with van der Waals surface area (Å²) in [4.78, 5) is 0.515. The fraction of sp³-hybridized carbons (Fsp3) is 0.500. The van der Waals surface area contributed by atoms with Gasteiger partial charge in [0, 0.05) is 11.6 Å². The molecule has 110 valence electrons. The smallest absolute Gasteiger partial charge is 0.240 e. The van der Waals surface area contributed by atoms with Crippen LogP contribution in [-0.4, -0.2) is 19.4 Å². The molecule has 0 spiro atoms. The van der Waals surface area contributed by atoms with Crippen molar-refractivity contribution >= 4 is 27.2 Å². The Morgan fingerprint density at radius 2 is 1.95 bits per heavy atom. The molecule has 1 aliphatic rings. The molecule has 0 aliphatic heterocycles. The van der Waals surface area contributed by atoms with E-state index in [9.17, 15) is 8.42 Å². The Hall–Kier alpha value is -0.980. The van der Waals surface area contributed by atoms with Crippen LogP contribution in [0.2, 0.25) is 0 Å². The summed E-state index contributed by atoms with van der Waals surface area (Å²) in [7, 11) is -3.47. The lowest BCUT2D eigenvalue weighted by atomic mass is 9.92. The third kappa shape index (κ3) is 3.56. The fourth-order valence-electron chi connectivity index (χ4n) is 2.62. The van der Waals surface area contributed by atoms with Gasteiger partial charge >= 0.3 is 0 Å². The Morgan fingerprint density at radius 3 is 2.40 bits per heavy atom.